The van der Waals surface area contributed by atoms with E-state index in [9.17, 15) is 0 Å². The van der Waals surface area contributed by atoms with E-state index in [-0.39, 0.29) is 0 Å². The maximum absolute atomic E-state index is 5.82. The molecule has 0 amide bonds. The predicted molar refractivity (Wildman–Crippen MR) is 63.0 cm³/mol. The molecule has 3 heteroatoms. The minimum Gasteiger partial charge on any atom is -0.333 e. The van der Waals surface area contributed by atoms with Gasteiger partial charge in [0.15, 0.2) is 0 Å². The molecule has 1 aliphatic carbocycles. The van der Waals surface area contributed by atoms with Crippen LogP contribution < -0.4 is 0 Å². The van der Waals surface area contributed by atoms with E-state index in [1.165, 1.54) is 38.5 Å². The fraction of sp³-hybridized carbons (Fsp3) is 0.750. The minimum atomic E-state index is 0.573. The molecule has 0 aromatic carbocycles. The molecular formula is C12H19ClN2. The Morgan fingerprint density at radius 1 is 1.40 bits per heavy atom. The van der Waals surface area contributed by atoms with Gasteiger partial charge in [0, 0.05) is 12.7 Å². The normalized spacial score (nSPS) is 17.4. The first-order valence-electron chi connectivity index (χ1n) is 5.95. The largest absolute Gasteiger partial charge is 0.333 e. The summed E-state index contributed by atoms with van der Waals surface area (Å²) in [6, 6.07) is 0. The molecule has 1 heterocycles. The second-order valence-corrected chi connectivity index (χ2v) is 4.77. The summed E-state index contributed by atoms with van der Waals surface area (Å²) in [6.07, 6.45) is 12.2. The molecule has 0 spiro atoms. The second-order valence-electron chi connectivity index (χ2n) is 4.50. The molecule has 1 aliphatic rings. The number of alkyl halides is 1. The Kier molecular flexibility index (Phi) is 4.07. The molecule has 0 saturated heterocycles. The minimum absolute atomic E-state index is 0.573. The molecule has 0 bridgehead atoms. The quantitative estimate of drug-likeness (QED) is 0.702. The van der Waals surface area contributed by atoms with E-state index in [1.54, 1.807) is 0 Å². The number of hydrogen-bond donors (Lipinski definition) is 0. The number of imidazole rings is 1. The van der Waals surface area contributed by atoms with Crippen molar-refractivity contribution >= 4 is 11.6 Å². The van der Waals surface area contributed by atoms with Crippen LogP contribution in [0.5, 0.6) is 0 Å². The molecule has 1 aromatic heterocycles. The lowest BCUT2D eigenvalue weighted by Gasteiger charge is -2.10. The average Bonchev–Trinajstić information content (AvgIpc) is 2.88. The first-order valence-corrected chi connectivity index (χ1v) is 6.48. The van der Waals surface area contributed by atoms with Crippen LogP contribution in [0.4, 0.5) is 0 Å². The standard InChI is InChI=1S/C12H19ClN2/c13-8-12-9-14-10-15(12)7-3-6-11-4-1-2-5-11/h9-11H,1-8H2. The Morgan fingerprint density at radius 2 is 2.20 bits per heavy atom. The van der Waals surface area contributed by atoms with Crippen molar-refractivity contribution in [1.29, 1.82) is 0 Å². The molecule has 0 radical (unpaired) electrons. The van der Waals surface area contributed by atoms with Crippen LogP contribution in [0.3, 0.4) is 0 Å². The number of nitrogens with zero attached hydrogens (tertiary/aromatic N) is 2. The maximum atomic E-state index is 5.82. The SMILES string of the molecule is ClCc1cncn1CCCC1CCCC1. The number of halogens is 1. The maximum Gasteiger partial charge on any atom is 0.0948 e. The zero-order valence-electron chi connectivity index (χ0n) is 9.16. The zero-order chi connectivity index (χ0) is 10.5. The van der Waals surface area contributed by atoms with Gasteiger partial charge >= 0.3 is 0 Å². The molecule has 2 nitrogen and oxygen atoms in total. The van der Waals surface area contributed by atoms with Crippen LogP contribution in [0, 0.1) is 5.92 Å². The monoisotopic (exact) mass is 226 g/mol. The summed E-state index contributed by atoms with van der Waals surface area (Å²) < 4.78 is 2.18. The Hall–Kier alpha value is -0.500. The van der Waals surface area contributed by atoms with Gasteiger partial charge in [-0.3, -0.25) is 0 Å². The highest BCUT2D eigenvalue weighted by Crippen LogP contribution is 2.28. The number of aromatic nitrogens is 2. The first kappa shape index (κ1) is 11.0. The average molecular weight is 227 g/mol. The van der Waals surface area contributed by atoms with Gasteiger partial charge in [-0.1, -0.05) is 25.7 Å². The van der Waals surface area contributed by atoms with Gasteiger partial charge in [-0.05, 0) is 18.8 Å². The summed E-state index contributed by atoms with van der Waals surface area (Å²) in [6.45, 7) is 1.08. The van der Waals surface area contributed by atoms with Gasteiger partial charge in [-0.2, -0.15) is 0 Å². The summed E-state index contributed by atoms with van der Waals surface area (Å²) in [7, 11) is 0. The van der Waals surface area contributed by atoms with Crippen LogP contribution in [-0.4, -0.2) is 9.55 Å². The third-order valence-corrected chi connectivity index (χ3v) is 3.70. The fourth-order valence-electron chi connectivity index (χ4n) is 2.51. The van der Waals surface area contributed by atoms with E-state index >= 15 is 0 Å². The van der Waals surface area contributed by atoms with Gasteiger partial charge in [0.1, 0.15) is 0 Å². The highest BCUT2D eigenvalue weighted by Gasteiger charge is 2.14. The summed E-state index contributed by atoms with van der Waals surface area (Å²) in [5.41, 5.74) is 1.14. The van der Waals surface area contributed by atoms with Gasteiger partial charge in [0.25, 0.3) is 0 Å². The lowest BCUT2D eigenvalue weighted by Crippen LogP contribution is -2.02. The summed E-state index contributed by atoms with van der Waals surface area (Å²) >= 11 is 5.82. The van der Waals surface area contributed by atoms with Crippen molar-refractivity contribution in [1.82, 2.24) is 9.55 Å². The van der Waals surface area contributed by atoms with E-state index in [0.29, 0.717) is 5.88 Å². The molecular weight excluding hydrogens is 208 g/mol. The molecule has 0 atom stereocenters. The third-order valence-electron chi connectivity index (χ3n) is 3.42. The van der Waals surface area contributed by atoms with E-state index in [0.717, 1.165) is 18.2 Å². The number of hydrogen-bond acceptors (Lipinski definition) is 1. The van der Waals surface area contributed by atoms with Gasteiger partial charge in [0.05, 0.1) is 17.9 Å². The van der Waals surface area contributed by atoms with E-state index in [1.807, 2.05) is 12.5 Å². The molecule has 1 saturated carbocycles. The van der Waals surface area contributed by atoms with Gasteiger partial charge < -0.3 is 4.57 Å². The summed E-state index contributed by atoms with van der Waals surface area (Å²) in [5, 5.41) is 0. The van der Waals surface area contributed by atoms with E-state index < -0.39 is 0 Å². The number of aryl methyl sites for hydroxylation is 1. The topological polar surface area (TPSA) is 17.8 Å². The van der Waals surface area contributed by atoms with Crippen LogP contribution in [0.1, 0.15) is 44.2 Å². The van der Waals surface area contributed by atoms with Crippen LogP contribution >= 0.6 is 11.6 Å². The van der Waals surface area contributed by atoms with Crippen molar-refractivity contribution in [3.8, 4) is 0 Å². The lowest BCUT2D eigenvalue weighted by atomic mass is 10.0. The first-order chi connectivity index (χ1) is 7.40. The molecule has 2 rings (SSSR count). The third kappa shape index (κ3) is 2.97. The van der Waals surface area contributed by atoms with Crippen molar-refractivity contribution in [2.24, 2.45) is 5.92 Å². The molecule has 0 N–H and O–H groups in total. The molecule has 1 fully saturated rings. The van der Waals surface area contributed by atoms with Gasteiger partial charge in [0.2, 0.25) is 0 Å². The summed E-state index contributed by atoms with van der Waals surface area (Å²) in [4.78, 5) is 4.12. The molecule has 15 heavy (non-hydrogen) atoms. The second kappa shape index (κ2) is 5.55. The highest BCUT2D eigenvalue weighted by molar-refractivity contribution is 6.16. The van der Waals surface area contributed by atoms with Crippen LogP contribution in [0.15, 0.2) is 12.5 Å². The Bertz CT molecular complexity index is 290. The smallest absolute Gasteiger partial charge is 0.0948 e. The van der Waals surface area contributed by atoms with Crippen LogP contribution in [0.2, 0.25) is 0 Å². The fourth-order valence-corrected chi connectivity index (χ4v) is 2.73. The van der Waals surface area contributed by atoms with Crippen molar-refractivity contribution < 1.29 is 0 Å². The predicted octanol–water partition coefficient (Wildman–Crippen LogP) is 3.59. The van der Waals surface area contributed by atoms with Crippen LogP contribution in [0.25, 0.3) is 0 Å². The number of rotatable bonds is 5. The molecule has 0 unspecified atom stereocenters. The molecule has 84 valence electrons. The van der Waals surface area contributed by atoms with E-state index in [4.69, 9.17) is 11.6 Å². The van der Waals surface area contributed by atoms with Crippen molar-refractivity contribution in [2.45, 2.75) is 50.9 Å². The summed E-state index contributed by atoms with van der Waals surface area (Å²) in [5.74, 6) is 1.57. The van der Waals surface area contributed by atoms with Crippen molar-refractivity contribution in [2.75, 3.05) is 0 Å². The lowest BCUT2D eigenvalue weighted by molar-refractivity contribution is 0.456. The van der Waals surface area contributed by atoms with Gasteiger partial charge in [-0.15, -0.1) is 11.6 Å². The highest BCUT2D eigenvalue weighted by atomic mass is 35.5. The Labute approximate surface area is 96.7 Å². The zero-order valence-corrected chi connectivity index (χ0v) is 9.92. The Balaban J connectivity index is 1.73. The van der Waals surface area contributed by atoms with Gasteiger partial charge in [-0.25, -0.2) is 4.98 Å². The van der Waals surface area contributed by atoms with Crippen molar-refractivity contribution in [3.63, 3.8) is 0 Å². The van der Waals surface area contributed by atoms with E-state index in [2.05, 4.69) is 9.55 Å². The molecule has 1 aromatic rings. The van der Waals surface area contributed by atoms with Crippen molar-refractivity contribution in [3.05, 3.63) is 18.2 Å². The molecule has 0 aliphatic heterocycles. The van der Waals surface area contributed by atoms with Crippen LogP contribution in [-0.2, 0) is 12.4 Å². The Morgan fingerprint density at radius 3 is 2.93 bits per heavy atom.